The number of aromatic hydroxyl groups is 1. The van der Waals surface area contributed by atoms with Crippen LogP contribution >= 0.6 is 0 Å². The van der Waals surface area contributed by atoms with E-state index in [2.05, 4.69) is 20.4 Å². The summed E-state index contributed by atoms with van der Waals surface area (Å²) in [5.41, 5.74) is 4.14. The number of aliphatic hydroxyl groups excluding tert-OH is 1. The smallest absolute Gasteiger partial charge is 0.407 e. The minimum Gasteiger partial charge on any atom is -0.508 e. The lowest BCUT2D eigenvalue weighted by Crippen LogP contribution is -2.26. The molecule has 2 aliphatic heterocycles. The van der Waals surface area contributed by atoms with Crippen LogP contribution in [0, 0.1) is 0 Å². The molecule has 4 aromatic rings. The number of phenolic OH excluding ortho intramolecular Hbond substituents is 1. The van der Waals surface area contributed by atoms with E-state index in [0.29, 0.717) is 26.1 Å². The van der Waals surface area contributed by atoms with E-state index in [0.717, 1.165) is 54.1 Å². The standard InChI is InChI=1S/C20H24N2O3.C16H17NO3.C4H9NO/c23-20(25-16-18-4-2-1-3-5-18)21-11-10-17-6-8-19(9-7-17)24-15-14-22-12-13-22;18-15-8-6-13(7-9-15)10-11-17-16(19)20-12-14-4-2-1-3-5-14;6-4-3-5-1-2-5/h1-9H,10-16H2,(H,21,23);1-9,18H,10-12H2,(H,17,19);6H,1-4H2. The third-order valence-corrected chi connectivity index (χ3v) is 7.82. The highest BCUT2D eigenvalue weighted by molar-refractivity contribution is 5.67. The average molecular weight is 699 g/mol. The normalized spacial score (nSPS) is 13.0. The van der Waals surface area contributed by atoms with E-state index in [1.807, 2.05) is 97.1 Å². The van der Waals surface area contributed by atoms with Crippen LogP contribution in [0.5, 0.6) is 11.5 Å². The van der Waals surface area contributed by atoms with E-state index in [9.17, 15) is 9.59 Å². The van der Waals surface area contributed by atoms with Gasteiger partial charge in [0.25, 0.3) is 0 Å². The highest BCUT2D eigenvalue weighted by Gasteiger charge is 2.16. The Bertz CT molecular complexity index is 1530. The summed E-state index contributed by atoms with van der Waals surface area (Å²) >= 11 is 0. The van der Waals surface area contributed by atoms with Crippen molar-refractivity contribution in [3.63, 3.8) is 0 Å². The van der Waals surface area contributed by atoms with Crippen LogP contribution in [-0.2, 0) is 35.5 Å². The van der Waals surface area contributed by atoms with Gasteiger partial charge in [0.05, 0.1) is 6.61 Å². The molecule has 0 aromatic heterocycles. The molecule has 0 aliphatic carbocycles. The SMILES string of the molecule is O=C(NCCc1ccc(O)cc1)OCc1ccccc1.O=C(NCCc1ccc(OCCN2CC2)cc1)OCc1ccccc1.OCCN1CC1. The number of carbonyl (C=O) groups excluding carboxylic acids is 2. The molecule has 6 rings (SSSR count). The number of rotatable bonds is 16. The molecule has 4 N–H and O–H groups in total. The first kappa shape index (κ1) is 38.7. The fourth-order valence-electron chi connectivity index (χ4n) is 4.60. The zero-order valence-corrected chi connectivity index (χ0v) is 29.1. The number of aliphatic hydroxyl groups is 1. The Hall–Kier alpha value is -5.10. The Morgan fingerprint density at radius 3 is 1.47 bits per heavy atom. The lowest BCUT2D eigenvalue weighted by molar-refractivity contribution is 0.139. The van der Waals surface area contributed by atoms with Crippen LogP contribution in [-0.4, -0.2) is 97.8 Å². The Morgan fingerprint density at radius 1 is 0.588 bits per heavy atom. The van der Waals surface area contributed by atoms with E-state index in [1.165, 1.54) is 26.2 Å². The van der Waals surface area contributed by atoms with Crippen molar-refractivity contribution in [3.05, 3.63) is 131 Å². The number of hydrogen-bond donors (Lipinski definition) is 4. The lowest BCUT2D eigenvalue weighted by Gasteiger charge is -2.09. The highest BCUT2D eigenvalue weighted by Crippen LogP contribution is 2.13. The van der Waals surface area contributed by atoms with Crippen LogP contribution in [0.1, 0.15) is 22.3 Å². The minimum atomic E-state index is -0.423. The number of carbonyl (C=O) groups is 2. The van der Waals surface area contributed by atoms with E-state index in [4.69, 9.17) is 24.4 Å². The Morgan fingerprint density at radius 2 is 1.04 bits per heavy atom. The molecule has 272 valence electrons. The first-order valence-electron chi connectivity index (χ1n) is 17.4. The number of ether oxygens (including phenoxy) is 3. The van der Waals surface area contributed by atoms with E-state index in [1.54, 1.807) is 12.1 Å². The Labute approximate surface area is 300 Å². The van der Waals surface area contributed by atoms with Crippen LogP contribution in [0.4, 0.5) is 9.59 Å². The molecular weight excluding hydrogens is 648 g/mol. The third-order valence-electron chi connectivity index (χ3n) is 7.82. The van der Waals surface area contributed by atoms with Gasteiger partial charge in [-0.15, -0.1) is 0 Å². The van der Waals surface area contributed by atoms with Crippen LogP contribution in [0.3, 0.4) is 0 Å². The molecule has 11 nitrogen and oxygen atoms in total. The fourth-order valence-corrected chi connectivity index (χ4v) is 4.60. The largest absolute Gasteiger partial charge is 0.508 e. The maximum atomic E-state index is 11.7. The molecular formula is C40H50N4O7. The third kappa shape index (κ3) is 17.9. The molecule has 51 heavy (non-hydrogen) atoms. The lowest BCUT2D eigenvalue weighted by atomic mass is 10.1. The van der Waals surface area contributed by atoms with Crippen molar-refractivity contribution in [2.75, 3.05) is 65.6 Å². The number of β-amino-alcohol motifs (C(OH)–C–C–N with tert-alkyl or cyclic N) is 1. The van der Waals surface area contributed by atoms with Crippen molar-refractivity contribution in [1.29, 1.82) is 0 Å². The van der Waals surface area contributed by atoms with Gasteiger partial charge < -0.3 is 35.1 Å². The molecule has 0 saturated carbocycles. The predicted octanol–water partition coefficient (Wildman–Crippen LogP) is 5.01. The first-order valence-corrected chi connectivity index (χ1v) is 17.4. The summed E-state index contributed by atoms with van der Waals surface area (Å²) in [6, 6.07) is 34.1. The van der Waals surface area contributed by atoms with Gasteiger partial charge in [0.2, 0.25) is 0 Å². The van der Waals surface area contributed by atoms with E-state index >= 15 is 0 Å². The molecule has 2 amide bonds. The summed E-state index contributed by atoms with van der Waals surface area (Å²) in [4.78, 5) is 27.7. The monoisotopic (exact) mass is 698 g/mol. The van der Waals surface area contributed by atoms with Gasteiger partial charge in [-0.2, -0.15) is 0 Å². The van der Waals surface area contributed by atoms with Crippen molar-refractivity contribution in [2.24, 2.45) is 0 Å². The van der Waals surface area contributed by atoms with Gasteiger partial charge in [-0.05, 0) is 59.4 Å². The zero-order chi connectivity index (χ0) is 35.9. The summed E-state index contributed by atoms with van der Waals surface area (Å²) in [5.74, 6) is 1.13. The maximum Gasteiger partial charge on any atom is 0.407 e. The van der Waals surface area contributed by atoms with Crippen LogP contribution in [0.15, 0.2) is 109 Å². The van der Waals surface area contributed by atoms with E-state index < -0.39 is 6.09 Å². The van der Waals surface area contributed by atoms with Crippen molar-refractivity contribution < 1.29 is 34.0 Å². The number of phenols is 1. The van der Waals surface area contributed by atoms with Crippen molar-refractivity contribution in [1.82, 2.24) is 20.4 Å². The van der Waals surface area contributed by atoms with Crippen molar-refractivity contribution >= 4 is 12.2 Å². The summed E-state index contributed by atoms with van der Waals surface area (Å²) in [7, 11) is 0. The van der Waals surface area contributed by atoms with Gasteiger partial charge in [-0.25, -0.2) is 9.59 Å². The number of benzene rings is 4. The molecule has 2 aliphatic rings. The van der Waals surface area contributed by atoms with Gasteiger partial charge in [-0.1, -0.05) is 84.9 Å². The van der Waals surface area contributed by atoms with Gasteiger partial charge in [0.1, 0.15) is 31.3 Å². The zero-order valence-electron chi connectivity index (χ0n) is 29.1. The summed E-state index contributed by atoms with van der Waals surface area (Å²) in [5, 5.41) is 22.9. The molecule has 0 unspecified atom stereocenters. The van der Waals surface area contributed by atoms with Crippen LogP contribution in [0.2, 0.25) is 0 Å². The van der Waals surface area contributed by atoms with Crippen LogP contribution in [0.25, 0.3) is 0 Å². The first-order chi connectivity index (χ1) is 25.0. The van der Waals surface area contributed by atoms with Gasteiger partial charge in [0, 0.05) is 52.4 Å². The molecule has 2 heterocycles. The average Bonchev–Trinajstić information content (AvgIpc) is 4.11. The van der Waals surface area contributed by atoms with Gasteiger partial charge in [0.15, 0.2) is 0 Å². The summed E-state index contributed by atoms with van der Waals surface area (Å²) in [6.45, 7) is 9.31. The second-order valence-corrected chi connectivity index (χ2v) is 12.0. The number of nitrogens with zero attached hydrogens (tertiary/aromatic N) is 2. The number of hydrogen-bond acceptors (Lipinski definition) is 9. The van der Waals surface area contributed by atoms with Crippen LogP contribution < -0.4 is 15.4 Å². The second-order valence-electron chi connectivity index (χ2n) is 12.0. The maximum absolute atomic E-state index is 11.7. The van der Waals surface area contributed by atoms with Gasteiger partial charge in [-0.3, -0.25) is 9.80 Å². The molecule has 11 heteroatoms. The predicted molar refractivity (Wildman–Crippen MR) is 197 cm³/mol. The quantitative estimate of drug-likeness (QED) is 0.119. The Kier molecular flexibility index (Phi) is 17.1. The summed E-state index contributed by atoms with van der Waals surface area (Å²) in [6.07, 6.45) is 0.640. The van der Waals surface area contributed by atoms with E-state index in [-0.39, 0.29) is 25.1 Å². The molecule has 2 fully saturated rings. The molecule has 0 spiro atoms. The minimum absolute atomic E-state index is 0.240. The molecule has 0 atom stereocenters. The number of alkyl carbamates (subject to hydrolysis) is 2. The number of amides is 2. The van der Waals surface area contributed by atoms with Gasteiger partial charge >= 0.3 is 12.2 Å². The number of nitrogens with one attached hydrogen (secondary N) is 2. The molecule has 0 bridgehead atoms. The van der Waals surface area contributed by atoms with Crippen molar-refractivity contribution in [2.45, 2.75) is 26.1 Å². The highest BCUT2D eigenvalue weighted by atomic mass is 16.6. The second kappa shape index (κ2) is 22.6. The van der Waals surface area contributed by atoms with Crippen molar-refractivity contribution in [3.8, 4) is 11.5 Å². The summed E-state index contributed by atoms with van der Waals surface area (Å²) < 4.78 is 16.0. The Balaban J connectivity index is 0.000000200. The molecule has 0 radical (unpaired) electrons. The molecule has 2 saturated heterocycles. The molecule has 4 aromatic carbocycles. The fraction of sp³-hybridized carbons (Fsp3) is 0.350. The topological polar surface area (TPSA) is 132 Å².